The minimum atomic E-state index is -1.09. The molecule has 0 saturated carbocycles. The van der Waals surface area contributed by atoms with Crippen molar-refractivity contribution in [2.75, 3.05) is 25.1 Å². The Labute approximate surface area is 88.4 Å². The molecular formula is C10H16N2O3. The minimum absolute atomic E-state index is 0.345. The number of aliphatic hydroxyl groups is 3. The van der Waals surface area contributed by atoms with Crippen molar-refractivity contribution in [3.63, 3.8) is 0 Å². The predicted molar refractivity (Wildman–Crippen MR) is 56.6 cm³/mol. The topological polar surface area (TPSA) is 85.6 Å². The van der Waals surface area contributed by atoms with Crippen LogP contribution in [0.25, 0.3) is 0 Å². The van der Waals surface area contributed by atoms with E-state index in [2.05, 4.69) is 10.3 Å². The number of nitrogens with one attached hydrogen (secondary N) is 1. The first-order valence-electron chi connectivity index (χ1n) is 4.69. The Morgan fingerprint density at radius 2 is 1.87 bits per heavy atom. The Bertz CT molecular complexity index is 305. The van der Waals surface area contributed by atoms with E-state index in [0.29, 0.717) is 0 Å². The molecule has 1 rings (SSSR count). The van der Waals surface area contributed by atoms with Crippen molar-refractivity contribution in [2.45, 2.75) is 12.5 Å². The number of aryl methyl sites for hydroxylation is 1. The predicted octanol–water partition coefficient (Wildman–Crippen LogP) is -0.482. The van der Waals surface area contributed by atoms with Crippen molar-refractivity contribution in [2.24, 2.45) is 0 Å². The van der Waals surface area contributed by atoms with Crippen LogP contribution in [0.1, 0.15) is 5.56 Å². The van der Waals surface area contributed by atoms with E-state index >= 15 is 0 Å². The van der Waals surface area contributed by atoms with E-state index in [1.165, 1.54) is 0 Å². The van der Waals surface area contributed by atoms with Crippen molar-refractivity contribution < 1.29 is 15.3 Å². The quantitative estimate of drug-likeness (QED) is 0.529. The molecule has 5 nitrogen and oxygen atoms in total. The number of nitrogens with zero attached hydrogens (tertiary/aromatic N) is 1. The highest BCUT2D eigenvalue weighted by Gasteiger charge is 2.27. The van der Waals surface area contributed by atoms with Crippen LogP contribution in [0.2, 0.25) is 0 Å². The van der Waals surface area contributed by atoms with E-state index in [1.54, 1.807) is 18.5 Å². The lowest BCUT2D eigenvalue weighted by molar-refractivity contribution is 0.0833. The van der Waals surface area contributed by atoms with Gasteiger partial charge in [0.2, 0.25) is 0 Å². The van der Waals surface area contributed by atoms with Gasteiger partial charge in [0, 0.05) is 18.1 Å². The van der Waals surface area contributed by atoms with Gasteiger partial charge in [-0.3, -0.25) is 4.98 Å². The fourth-order valence-corrected chi connectivity index (χ4v) is 1.17. The number of anilines is 1. The van der Waals surface area contributed by atoms with Crippen LogP contribution in [0.5, 0.6) is 0 Å². The second kappa shape index (κ2) is 5.06. The second-order valence-electron chi connectivity index (χ2n) is 3.57. The number of pyridine rings is 1. The van der Waals surface area contributed by atoms with E-state index < -0.39 is 5.54 Å². The van der Waals surface area contributed by atoms with Crippen LogP contribution in [0.3, 0.4) is 0 Å². The highest BCUT2D eigenvalue weighted by Crippen LogP contribution is 2.17. The van der Waals surface area contributed by atoms with Gasteiger partial charge in [-0.05, 0) is 18.6 Å². The zero-order valence-corrected chi connectivity index (χ0v) is 8.64. The average Bonchev–Trinajstić information content (AvgIpc) is 2.29. The average molecular weight is 212 g/mol. The molecule has 0 aromatic carbocycles. The monoisotopic (exact) mass is 212 g/mol. The van der Waals surface area contributed by atoms with Crippen LogP contribution in [0, 0.1) is 6.92 Å². The largest absolute Gasteiger partial charge is 0.394 e. The summed E-state index contributed by atoms with van der Waals surface area (Å²) >= 11 is 0. The van der Waals surface area contributed by atoms with Gasteiger partial charge in [0.05, 0.1) is 19.8 Å². The van der Waals surface area contributed by atoms with Gasteiger partial charge in [0.1, 0.15) is 5.54 Å². The molecule has 15 heavy (non-hydrogen) atoms. The van der Waals surface area contributed by atoms with Crippen molar-refractivity contribution in [1.29, 1.82) is 0 Å². The van der Waals surface area contributed by atoms with Crippen molar-refractivity contribution in [3.8, 4) is 0 Å². The van der Waals surface area contributed by atoms with Gasteiger partial charge in [-0.2, -0.15) is 0 Å². The summed E-state index contributed by atoms with van der Waals surface area (Å²) in [6.07, 6.45) is 3.27. The molecule has 0 aliphatic carbocycles. The van der Waals surface area contributed by atoms with Gasteiger partial charge >= 0.3 is 0 Å². The summed E-state index contributed by atoms with van der Waals surface area (Å²) in [5, 5.41) is 30.3. The Kier molecular flexibility index (Phi) is 4.02. The Morgan fingerprint density at radius 3 is 2.33 bits per heavy atom. The molecule has 0 unspecified atom stereocenters. The molecule has 4 N–H and O–H groups in total. The molecule has 0 bridgehead atoms. The molecule has 0 aliphatic heterocycles. The lowest BCUT2D eigenvalue weighted by Gasteiger charge is -2.30. The highest BCUT2D eigenvalue weighted by atomic mass is 16.3. The molecule has 5 heteroatoms. The van der Waals surface area contributed by atoms with Gasteiger partial charge < -0.3 is 20.6 Å². The van der Waals surface area contributed by atoms with E-state index in [0.717, 1.165) is 11.3 Å². The molecule has 0 radical (unpaired) electrons. The number of aliphatic hydroxyl groups excluding tert-OH is 3. The molecular weight excluding hydrogens is 196 g/mol. The molecule has 0 spiro atoms. The molecule has 1 aromatic rings. The summed E-state index contributed by atoms with van der Waals surface area (Å²) in [6, 6.07) is 1.73. The van der Waals surface area contributed by atoms with Crippen LogP contribution in [0.4, 0.5) is 5.69 Å². The third-order valence-electron chi connectivity index (χ3n) is 2.33. The second-order valence-corrected chi connectivity index (χ2v) is 3.57. The first-order valence-corrected chi connectivity index (χ1v) is 4.69. The fourth-order valence-electron chi connectivity index (χ4n) is 1.17. The molecule has 0 aliphatic rings. The maximum Gasteiger partial charge on any atom is 0.107 e. The van der Waals surface area contributed by atoms with E-state index in [1.807, 2.05) is 6.92 Å². The molecule has 84 valence electrons. The third kappa shape index (κ3) is 2.65. The normalized spacial score (nSPS) is 11.5. The van der Waals surface area contributed by atoms with Crippen LogP contribution < -0.4 is 5.32 Å². The third-order valence-corrected chi connectivity index (χ3v) is 2.33. The van der Waals surface area contributed by atoms with Crippen molar-refractivity contribution >= 4 is 5.69 Å². The smallest absolute Gasteiger partial charge is 0.107 e. The zero-order chi connectivity index (χ0) is 11.3. The Morgan fingerprint density at radius 1 is 1.27 bits per heavy atom. The molecule has 0 amide bonds. The van der Waals surface area contributed by atoms with E-state index in [9.17, 15) is 0 Å². The molecule has 1 heterocycles. The van der Waals surface area contributed by atoms with Gasteiger partial charge in [-0.1, -0.05) is 0 Å². The van der Waals surface area contributed by atoms with Gasteiger partial charge in [-0.25, -0.2) is 0 Å². The van der Waals surface area contributed by atoms with Gasteiger partial charge in [0.25, 0.3) is 0 Å². The summed E-state index contributed by atoms with van der Waals surface area (Å²) in [7, 11) is 0. The summed E-state index contributed by atoms with van der Waals surface area (Å²) < 4.78 is 0. The number of hydrogen-bond acceptors (Lipinski definition) is 5. The minimum Gasteiger partial charge on any atom is -0.394 e. The lowest BCUT2D eigenvalue weighted by atomic mass is 10.0. The summed E-state index contributed by atoms with van der Waals surface area (Å²) in [6.45, 7) is 0.817. The summed E-state index contributed by atoms with van der Waals surface area (Å²) in [5.74, 6) is 0. The maximum atomic E-state index is 9.13. The van der Waals surface area contributed by atoms with Gasteiger partial charge in [-0.15, -0.1) is 0 Å². The van der Waals surface area contributed by atoms with E-state index in [4.69, 9.17) is 15.3 Å². The first-order chi connectivity index (χ1) is 7.17. The maximum absolute atomic E-state index is 9.13. The standard InChI is InChI=1S/C10H16N2O3/c1-8-4-11-3-2-9(8)12-10(5-13,6-14)7-15/h2-4,13-15H,5-7H2,1H3,(H,11,12). The summed E-state index contributed by atoms with van der Waals surface area (Å²) in [4.78, 5) is 3.92. The molecule has 0 atom stereocenters. The molecule has 1 aromatic heterocycles. The van der Waals surface area contributed by atoms with Crippen molar-refractivity contribution in [3.05, 3.63) is 24.0 Å². The SMILES string of the molecule is Cc1cnccc1NC(CO)(CO)CO. The first kappa shape index (κ1) is 11.9. The Balaban J connectivity index is 2.88. The number of rotatable bonds is 5. The van der Waals surface area contributed by atoms with Gasteiger partial charge in [0.15, 0.2) is 0 Å². The van der Waals surface area contributed by atoms with Crippen LogP contribution >= 0.6 is 0 Å². The highest BCUT2D eigenvalue weighted by molar-refractivity contribution is 5.50. The zero-order valence-electron chi connectivity index (χ0n) is 8.64. The van der Waals surface area contributed by atoms with E-state index in [-0.39, 0.29) is 19.8 Å². The fraction of sp³-hybridized carbons (Fsp3) is 0.500. The molecule has 0 fully saturated rings. The number of aromatic nitrogens is 1. The van der Waals surface area contributed by atoms with Crippen LogP contribution in [-0.4, -0.2) is 45.7 Å². The lowest BCUT2D eigenvalue weighted by Crippen LogP contribution is -2.49. The molecule has 0 saturated heterocycles. The summed E-state index contributed by atoms with van der Waals surface area (Å²) in [5.41, 5.74) is 0.533. The van der Waals surface area contributed by atoms with Crippen molar-refractivity contribution in [1.82, 2.24) is 4.98 Å². The van der Waals surface area contributed by atoms with Crippen LogP contribution in [-0.2, 0) is 0 Å². The number of hydrogen-bond donors (Lipinski definition) is 4. The Hall–Kier alpha value is -1.17. The van der Waals surface area contributed by atoms with Crippen LogP contribution in [0.15, 0.2) is 18.5 Å².